The maximum Gasteiger partial charge on any atom is 0.151 e. The van der Waals surface area contributed by atoms with Gasteiger partial charge in [0.2, 0.25) is 0 Å². The summed E-state index contributed by atoms with van der Waals surface area (Å²) in [5.74, 6) is 1.05. The summed E-state index contributed by atoms with van der Waals surface area (Å²) >= 11 is 1.38. The summed E-state index contributed by atoms with van der Waals surface area (Å²) in [6.07, 6.45) is 4.36. The molecular weight excluding hydrogens is 246 g/mol. The van der Waals surface area contributed by atoms with E-state index in [-0.39, 0.29) is 0 Å². The van der Waals surface area contributed by atoms with Crippen LogP contribution in [0.25, 0.3) is 0 Å². The number of nitrogens with one attached hydrogen (secondary N) is 1. The zero-order chi connectivity index (χ0) is 12.2. The fourth-order valence-electron chi connectivity index (χ4n) is 2.16. The molecule has 0 unspecified atom stereocenters. The van der Waals surface area contributed by atoms with Gasteiger partial charge in [-0.2, -0.15) is 0 Å². The number of nitrogens with zero attached hydrogens (tertiary/aromatic N) is 4. The molecule has 0 spiro atoms. The van der Waals surface area contributed by atoms with Crippen LogP contribution < -0.4 is 10.2 Å². The summed E-state index contributed by atoms with van der Waals surface area (Å²) in [4.78, 5) is 6.83. The van der Waals surface area contributed by atoms with E-state index in [0.717, 1.165) is 30.3 Å². The molecule has 0 saturated carbocycles. The number of rotatable bonds is 4. The maximum absolute atomic E-state index is 4.49. The van der Waals surface area contributed by atoms with E-state index in [9.17, 15) is 0 Å². The van der Waals surface area contributed by atoms with E-state index in [1.165, 1.54) is 24.4 Å². The van der Waals surface area contributed by atoms with Crippen LogP contribution in [-0.2, 0) is 6.54 Å². The second kappa shape index (κ2) is 5.30. The van der Waals surface area contributed by atoms with E-state index in [1.54, 1.807) is 0 Å². The van der Waals surface area contributed by atoms with Crippen molar-refractivity contribution in [2.75, 3.05) is 23.3 Å². The molecule has 2 aromatic rings. The van der Waals surface area contributed by atoms with Gasteiger partial charge >= 0.3 is 0 Å². The molecule has 1 saturated heterocycles. The van der Waals surface area contributed by atoms with Gasteiger partial charge in [-0.1, -0.05) is 4.49 Å². The van der Waals surface area contributed by atoms with Crippen LogP contribution in [0, 0.1) is 0 Å². The van der Waals surface area contributed by atoms with Crippen LogP contribution in [0.3, 0.4) is 0 Å². The zero-order valence-corrected chi connectivity index (χ0v) is 10.9. The highest BCUT2D eigenvalue weighted by Gasteiger charge is 2.16. The molecule has 2 aromatic heterocycles. The normalized spacial score (nSPS) is 15.0. The Bertz CT molecular complexity index is 493. The molecule has 0 aromatic carbocycles. The summed E-state index contributed by atoms with van der Waals surface area (Å²) in [5.41, 5.74) is 2.05. The van der Waals surface area contributed by atoms with E-state index >= 15 is 0 Å². The highest BCUT2D eigenvalue weighted by Crippen LogP contribution is 2.26. The molecule has 1 aliphatic heterocycles. The van der Waals surface area contributed by atoms with Crippen LogP contribution in [0.1, 0.15) is 18.5 Å². The first kappa shape index (κ1) is 11.4. The van der Waals surface area contributed by atoms with Crippen molar-refractivity contribution >= 4 is 23.0 Å². The third kappa shape index (κ3) is 2.43. The van der Waals surface area contributed by atoms with Crippen LogP contribution in [0.5, 0.6) is 0 Å². The fourth-order valence-corrected chi connectivity index (χ4v) is 2.61. The third-order valence-corrected chi connectivity index (χ3v) is 3.61. The minimum atomic E-state index is 0.697. The number of hydrogen-bond donors (Lipinski definition) is 1. The third-order valence-electron chi connectivity index (χ3n) is 3.06. The van der Waals surface area contributed by atoms with Crippen LogP contribution in [-0.4, -0.2) is 27.7 Å². The van der Waals surface area contributed by atoms with Gasteiger partial charge in [-0.05, 0) is 36.5 Å². The van der Waals surface area contributed by atoms with Crippen molar-refractivity contribution in [1.29, 1.82) is 0 Å². The minimum Gasteiger partial charge on any atom is -0.376 e. The van der Waals surface area contributed by atoms with E-state index in [0.29, 0.717) is 6.54 Å². The first-order chi connectivity index (χ1) is 8.93. The highest BCUT2D eigenvalue weighted by atomic mass is 32.1. The Morgan fingerprint density at radius 2 is 2.22 bits per heavy atom. The lowest BCUT2D eigenvalue weighted by Crippen LogP contribution is -2.20. The monoisotopic (exact) mass is 261 g/mol. The highest BCUT2D eigenvalue weighted by molar-refractivity contribution is 7.03. The Labute approximate surface area is 110 Å². The molecule has 1 N–H and O–H groups in total. The van der Waals surface area contributed by atoms with Crippen LogP contribution >= 0.6 is 11.5 Å². The van der Waals surface area contributed by atoms with Crippen molar-refractivity contribution in [2.45, 2.75) is 19.4 Å². The van der Waals surface area contributed by atoms with E-state index in [4.69, 9.17) is 0 Å². The first-order valence-corrected chi connectivity index (χ1v) is 6.97. The van der Waals surface area contributed by atoms with Gasteiger partial charge in [0.15, 0.2) is 5.82 Å². The van der Waals surface area contributed by atoms with Crippen molar-refractivity contribution < 1.29 is 0 Å². The molecule has 18 heavy (non-hydrogen) atoms. The molecule has 5 nitrogen and oxygen atoms in total. The average molecular weight is 261 g/mol. The van der Waals surface area contributed by atoms with Crippen LogP contribution in [0.4, 0.5) is 11.5 Å². The van der Waals surface area contributed by atoms with Crippen molar-refractivity contribution in [3.63, 3.8) is 0 Å². The molecule has 0 atom stereocenters. The molecule has 0 bridgehead atoms. The Morgan fingerprint density at radius 1 is 1.33 bits per heavy atom. The Kier molecular flexibility index (Phi) is 3.36. The van der Waals surface area contributed by atoms with Gasteiger partial charge in [-0.3, -0.25) is 0 Å². The summed E-state index contributed by atoms with van der Waals surface area (Å²) in [5, 5.41) is 9.38. The number of anilines is 2. The van der Waals surface area contributed by atoms with E-state index < -0.39 is 0 Å². The van der Waals surface area contributed by atoms with E-state index in [1.807, 2.05) is 17.6 Å². The Hall–Kier alpha value is -1.69. The lowest BCUT2D eigenvalue weighted by Gasteiger charge is -2.20. The summed E-state index contributed by atoms with van der Waals surface area (Å²) in [6, 6.07) is 4.03. The molecule has 0 aliphatic carbocycles. The molecule has 3 rings (SSSR count). The maximum atomic E-state index is 4.49. The van der Waals surface area contributed by atoms with Gasteiger partial charge in [0, 0.05) is 24.7 Å². The SMILES string of the molecule is c1cnc(N2CCCC2)c(NCc2csnn2)c1. The molecule has 0 amide bonds. The number of pyridine rings is 1. The predicted octanol–water partition coefficient (Wildman–Crippen LogP) is 2.15. The zero-order valence-electron chi connectivity index (χ0n) is 10.0. The second-order valence-electron chi connectivity index (χ2n) is 4.32. The first-order valence-electron chi connectivity index (χ1n) is 6.13. The molecule has 1 fully saturated rings. The van der Waals surface area contributed by atoms with Crippen molar-refractivity contribution in [3.8, 4) is 0 Å². The predicted molar refractivity (Wildman–Crippen MR) is 72.9 cm³/mol. The van der Waals surface area contributed by atoms with Gasteiger partial charge in [0.05, 0.1) is 17.9 Å². The standard InChI is InChI=1S/C12H15N5S/c1-2-7-17(6-1)12-11(4-3-5-13-12)14-8-10-9-18-16-15-10/h3-5,9,14H,1-2,6-8H2. The lowest BCUT2D eigenvalue weighted by atomic mass is 10.3. The van der Waals surface area contributed by atoms with Gasteiger partial charge < -0.3 is 10.2 Å². The van der Waals surface area contributed by atoms with Gasteiger partial charge in [0.25, 0.3) is 0 Å². The molecule has 94 valence electrons. The van der Waals surface area contributed by atoms with E-state index in [2.05, 4.69) is 30.9 Å². The topological polar surface area (TPSA) is 53.9 Å². The minimum absolute atomic E-state index is 0.697. The van der Waals surface area contributed by atoms with Crippen molar-refractivity contribution in [1.82, 2.24) is 14.6 Å². The molecule has 1 aliphatic rings. The van der Waals surface area contributed by atoms with Crippen molar-refractivity contribution in [2.24, 2.45) is 0 Å². The van der Waals surface area contributed by atoms with Gasteiger partial charge in [0.1, 0.15) is 0 Å². The molecule has 6 heteroatoms. The van der Waals surface area contributed by atoms with Gasteiger partial charge in [-0.15, -0.1) is 5.10 Å². The fraction of sp³-hybridized carbons (Fsp3) is 0.417. The van der Waals surface area contributed by atoms with Gasteiger partial charge in [-0.25, -0.2) is 4.98 Å². The number of aromatic nitrogens is 3. The Morgan fingerprint density at radius 3 is 3.00 bits per heavy atom. The summed E-state index contributed by atoms with van der Waals surface area (Å²) < 4.78 is 3.86. The average Bonchev–Trinajstić information content (AvgIpc) is 3.10. The quantitative estimate of drug-likeness (QED) is 0.914. The van der Waals surface area contributed by atoms with Crippen LogP contribution in [0.15, 0.2) is 23.7 Å². The lowest BCUT2D eigenvalue weighted by molar-refractivity contribution is 0.930. The van der Waals surface area contributed by atoms with Crippen molar-refractivity contribution in [3.05, 3.63) is 29.4 Å². The summed E-state index contributed by atoms with van der Waals surface area (Å²) in [6.45, 7) is 2.90. The van der Waals surface area contributed by atoms with Crippen LogP contribution in [0.2, 0.25) is 0 Å². The second-order valence-corrected chi connectivity index (χ2v) is 4.93. The smallest absolute Gasteiger partial charge is 0.151 e. The number of hydrogen-bond acceptors (Lipinski definition) is 6. The molecular formula is C12H15N5S. The Balaban J connectivity index is 1.74. The summed E-state index contributed by atoms with van der Waals surface area (Å²) in [7, 11) is 0. The molecule has 0 radical (unpaired) electrons. The largest absolute Gasteiger partial charge is 0.376 e. The molecule has 3 heterocycles.